The van der Waals surface area contributed by atoms with Crippen molar-refractivity contribution in [2.75, 3.05) is 0 Å². The van der Waals surface area contributed by atoms with Crippen LogP contribution in [-0.4, -0.2) is 17.9 Å². The largest absolute Gasteiger partial charge is 0.463 e. The van der Waals surface area contributed by atoms with Crippen LogP contribution < -0.4 is 0 Å². The van der Waals surface area contributed by atoms with Gasteiger partial charge in [-0.15, -0.1) is 0 Å². The Bertz CT molecular complexity index is 223. The van der Waals surface area contributed by atoms with E-state index < -0.39 is 0 Å². The quantitative estimate of drug-likeness (QED) is 0.599. The normalized spacial score (nSPS) is 14.2. The molecule has 0 aliphatic carbocycles. The van der Waals surface area contributed by atoms with Crippen LogP contribution in [0.15, 0.2) is 0 Å². The van der Waals surface area contributed by atoms with Crippen LogP contribution in [0.2, 0.25) is 0 Å². The third kappa shape index (κ3) is 6.59. The summed E-state index contributed by atoms with van der Waals surface area (Å²) in [4.78, 5) is 22.8. The number of carbonyl (C=O) groups excluding carboxylic acids is 2. The lowest BCUT2D eigenvalue weighted by Gasteiger charge is -2.15. The molecule has 3 heteroatoms. The predicted molar refractivity (Wildman–Crippen MR) is 64.2 cm³/mol. The molecule has 3 nitrogen and oxygen atoms in total. The standard InChI is InChI=1S/C13H24O3/c1-5-10(4)16-13(15)9-11(6-2)8-12(14)7-3/h10-11H,5-9H2,1-4H3. The van der Waals surface area contributed by atoms with Crippen LogP contribution in [0.3, 0.4) is 0 Å². The molecule has 0 N–H and O–H groups in total. The molecule has 0 spiro atoms. The van der Waals surface area contributed by atoms with E-state index in [9.17, 15) is 9.59 Å². The molecule has 2 unspecified atom stereocenters. The monoisotopic (exact) mass is 228 g/mol. The molecule has 0 heterocycles. The highest BCUT2D eigenvalue weighted by atomic mass is 16.5. The summed E-state index contributed by atoms with van der Waals surface area (Å²) in [6.07, 6.45) is 3.08. The van der Waals surface area contributed by atoms with Crippen molar-refractivity contribution in [1.82, 2.24) is 0 Å². The summed E-state index contributed by atoms with van der Waals surface area (Å²) < 4.78 is 5.20. The molecule has 0 aromatic rings. The minimum Gasteiger partial charge on any atom is -0.463 e. The minimum absolute atomic E-state index is 0.0214. The van der Waals surface area contributed by atoms with Crippen LogP contribution in [-0.2, 0) is 14.3 Å². The Morgan fingerprint density at radius 1 is 1.06 bits per heavy atom. The molecule has 0 bridgehead atoms. The molecule has 0 aromatic carbocycles. The third-order valence-corrected chi connectivity index (χ3v) is 2.85. The lowest BCUT2D eigenvalue weighted by Crippen LogP contribution is -2.18. The summed E-state index contributed by atoms with van der Waals surface area (Å²) in [6.45, 7) is 7.72. The molecule has 0 saturated heterocycles. The first-order valence-electron chi connectivity index (χ1n) is 6.24. The van der Waals surface area contributed by atoms with Crippen molar-refractivity contribution in [3.63, 3.8) is 0 Å². The predicted octanol–water partition coefficient (Wildman–Crippen LogP) is 3.11. The number of hydrogen-bond acceptors (Lipinski definition) is 3. The number of carbonyl (C=O) groups is 2. The van der Waals surface area contributed by atoms with Gasteiger partial charge < -0.3 is 4.74 Å². The number of rotatable bonds is 8. The van der Waals surface area contributed by atoms with Crippen molar-refractivity contribution < 1.29 is 14.3 Å². The second-order valence-corrected chi connectivity index (χ2v) is 4.28. The first-order chi connectivity index (χ1) is 7.53. The molecule has 0 fully saturated rings. The SMILES string of the molecule is CCC(=O)CC(CC)CC(=O)OC(C)CC. The van der Waals surface area contributed by atoms with Gasteiger partial charge >= 0.3 is 5.97 Å². The Balaban J connectivity index is 4.01. The Morgan fingerprint density at radius 3 is 2.12 bits per heavy atom. The van der Waals surface area contributed by atoms with Gasteiger partial charge in [0.2, 0.25) is 0 Å². The molecule has 2 atom stereocenters. The maximum Gasteiger partial charge on any atom is 0.306 e. The number of ketones is 1. The zero-order chi connectivity index (χ0) is 12.6. The van der Waals surface area contributed by atoms with Gasteiger partial charge in [0, 0.05) is 19.3 Å². The van der Waals surface area contributed by atoms with E-state index in [-0.39, 0.29) is 23.8 Å². The van der Waals surface area contributed by atoms with E-state index in [2.05, 4.69) is 0 Å². The van der Waals surface area contributed by atoms with Crippen molar-refractivity contribution in [3.05, 3.63) is 0 Å². The molecule has 0 saturated carbocycles. The average molecular weight is 228 g/mol. The maximum absolute atomic E-state index is 11.5. The Hall–Kier alpha value is -0.860. The second kappa shape index (κ2) is 8.31. The van der Waals surface area contributed by atoms with Gasteiger partial charge in [0.15, 0.2) is 0 Å². The van der Waals surface area contributed by atoms with Crippen molar-refractivity contribution >= 4 is 11.8 Å². The van der Waals surface area contributed by atoms with Crippen LogP contribution in [0, 0.1) is 5.92 Å². The Labute approximate surface area is 98.6 Å². The van der Waals surface area contributed by atoms with Crippen molar-refractivity contribution in [3.8, 4) is 0 Å². The van der Waals surface area contributed by atoms with Gasteiger partial charge in [-0.2, -0.15) is 0 Å². The molecular formula is C13H24O3. The van der Waals surface area contributed by atoms with Gasteiger partial charge in [0.05, 0.1) is 6.10 Å². The van der Waals surface area contributed by atoms with E-state index in [0.29, 0.717) is 19.3 Å². The first kappa shape index (κ1) is 15.1. The Kier molecular flexibility index (Phi) is 7.86. The smallest absolute Gasteiger partial charge is 0.306 e. The summed E-state index contributed by atoms with van der Waals surface area (Å²) in [7, 11) is 0. The highest BCUT2D eigenvalue weighted by Gasteiger charge is 2.17. The van der Waals surface area contributed by atoms with Crippen LogP contribution in [0.5, 0.6) is 0 Å². The van der Waals surface area contributed by atoms with E-state index in [1.54, 1.807) is 0 Å². The molecule has 0 aliphatic heterocycles. The van der Waals surface area contributed by atoms with E-state index in [1.165, 1.54) is 0 Å². The fourth-order valence-corrected chi connectivity index (χ4v) is 1.42. The fourth-order valence-electron chi connectivity index (χ4n) is 1.42. The van der Waals surface area contributed by atoms with E-state index >= 15 is 0 Å². The summed E-state index contributed by atoms with van der Waals surface area (Å²) in [5.41, 5.74) is 0. The van der Waals surface area contributed by atoms with E-state index in [4.69, 9.17) is 4.74 Å². The summed E-state index contributed by atoms with van der Waals surface area (Å²) >= 11 is 0. The van der Waals surface area contributed by atoms with Crippen LogP contribution in [0.25, 0.3) is 0 Å². The summed E-state index contributed by atoms with van der Waals surface area (Å²) in [5.74, 6) is 0.192. The number of hydrogen-bond donors (Lipinski definition) is 0. The summed E-state index contributed by atoms with van der Waals surface area (Å²) in [5, 5.41) is 0. The molecule has 0 aliphatic rings. The van der Waals surface area contributed by atoms with E-state index in [0.717, 1.165) is 12.8 Å². The fraction of sp³-hybridized carbons (Fsp3) is 0.846. The topological polar surface area (TPSA) is 43.4 Å². The van der Waals surface area contributed by atoms with Gasteiger partial charge in [-0.25, -0.2) is 0 Å². The summed E-state index contributed by atoms with van der Waals surface area (Å²) in [6, 6.07) is 0. The van der Waals surface area contributed by atoms with Gasteiger partial charge in [0.25, 0.3) is 0 Å². The molecular weight excluding hydrogens is 204 g/mol. The lowest BCUT2D eigenvalue weighted by molar-refractivity contribution is -0.149. The zero-order valence-corrected chi connectivity index (χ0v) is 10.9. The van der Waals surface area contributed by atoms with Crippen LogP contribution >= 0.6 is 0 Å². The third-order valence-electron chi connectivity index (χ3n) is 2.85. The van der Waals surface area contributed by atoms with E-state index in [1.807, 2.05) is 27.7 Å². The second-order valence-electron chi connectivity index (χ2n) is 4.28. The molecule has 0 radical (unpaired) electrons. The van der Waals surface area contributed by atoms with Gasteiger partial charge in [-0.1, -0.05) is 27.2 Å². The highest BCUT2D eigenvalue weighted by Crippen LogP contribution is 2.16. The average Bonchev–Trinajstić information content (AvgIpc) is 2.27. The Morgan fingerprint density at radius 2 is 1.69 bits per heavy atom. The van der Waals surface area contributed by atoms with Crippen LogP contribution in [0.1, 0.15) is 59.8 Å². The maximum atomic E-state index is 11.5. The van der Waals surface area contributed by atoms with Crippen molar-refractivity contribution in [2.45, 2.75) is 65.9 Å². The first-order valence-corrected chi connectivity index (χ1v) is 6.24. The molecule has 0 amide bonds. The van der Waals surface area contributed by atoms with Gasteiger partial charge in [0.1, 0.15) is 5.78 Å². The molecule has 0 rings (SSSR count). The minimum atomic E-state index is -0.176. The number of ether oxygens (including phenoxy) is 1. The van der Waals surface area contributed by atoms with Crippen LogP contribution in [0.4, 0.5) is 0 Å². The molecule has 0 aromatic heterocycles. The molecule has 94 valence electrons. The zero-order valence-electron chi connectivity index (χ0n) is 10.9. The lowest BCUT2D eigenvalue weighted by atomic mass is 9.95. The number of Topliss-reactive ketones (excluding diaryl/α,β-unsaturated/α-hetero) is 1. The number of esters is 1. The van der Waals surface area contributed by atoms with Crippen molar-refractivity contribution in [2.24, 2.45) is 5.92 Å². The van der Waals surface area contributed by atoms with Gasteiger partial charge in [-0.05, 0) is 19.3 Å². The van der Waals surface area contributed by atoms with Gasteiger partial charge in [-0.3, -0.25) is 9.59 Å². The molecule has 16 heavy (non-hydrogen) atoms. The van der Waals surface area contributed by atoms with Crippen molar-refractivity contribution in [1.29, 1.82) is 0 Å². The highest BCUT2D eigenvalue weighted by molar-refractivity contribution is 5.79.